The lowest BCUT2D eigenvalue weighted by atomic mass is 10.1. The molecule has 0 saturated heterocycles. The van der Waals surface area contributed by atoms with Gasteiger partial charge in [0, 0.05) is 17.8 Å². The zero-order valence-corrected chi connectivity index (χ0v) is 13.7. The minimum absolute atomic E-state index is 0.170. The first-order chi connectivity index (χ1) is 11.5. The molecule has 0 unspecified atom stereocenters. The van der Waals surface area contributed by atoms with Crippen molar-refractivity contribution in [3.8, 4) is 6.07 Å². The Hall–Kier alpha value is -3.13. The number of benzene rings is 2. The first-order valence-electron chi connectivity index (χ1n) is 7.61. The van der Waals surface area contributed by atoms with Crippen LogP contribution in [-0.4, -0.2) is 11.8 Å². The van der Waals surface area contributed by atoms with E-state index in [-0.39, 0.29) is 24.8 Å². The summed E-state index contributed by atoms with van der Waals surface area (Å²) in [4.78, 5) is 23.8. The second kappa shape index (κ2) is 7.93. The van der Waals surface area contributed by atoms with Crippen LogP contribution in [0.5, 0.6) is 0 Å². The van der Waals surface area contributed by atoms with E-state index >= 15 is 0 Å². The highest BCUT2D eigenvalue weighted by Gasteiger charge is 2.09. The van der Waals surface area contributed by atoms with Crippen molar-refractivity contribution in [2.24, 2.45) is 0 Å². The van der Waals surface area contributed by atoms with Gasteiger partial charge in [-0.25, -0.2) is 0 Å². The minimum atomic E-state index is -0.370. The maximum Gasteiger partial charge on any atom is 0.251 e. The molecule has 0 atom stereocenters. The van der Waals surface area contributed by atoms with E-state index < -0.39 is 0 Å². The molecule has 0 heterocycles. The number of rotatable bonds is 5. The highest BCUT2D eigenvalue weighted by atomic mass is 16.2. The van der Waals surface area contributed by atoms with Crippen LogP contribution in [0.25, 0.3) is 0 Å². The second-order valence-corrected chi connectivity index (χ2v) is 5.52. The van der Waals surface area contributed by atoms with Gasteiger partial charge in [-0.2, -0.15) is 5.26 Å². The molecule has 0 aliphatic heterocycles. The quantitative estimate of drug-likeness (QED) is 0.888. The zero-order valence-electron chi connectivity index (χ0n) is 13.7. The number of anilines is 1. The average molecular weight is 321 g/mol. The lowest BCUT2D eigenvalue weighted by Gasteiger charge is -2.12. The summed E-state index contributed by atoms with van der Waals surface area (Å²) in [6.07, 6.45) is -0.205. The van der Waals surface area contributed by atoms with E-state index in [1.165, 1.54) is 0 Å². The molecule has 24 heavy (non-hydrogen) atoms. The van der Waals surface area contributed by atoms with Crippen LogP contribution in [0, 0.1) is 25.2 Å². The summed E-state index contributed by atoms with van der Waals surface area (Å²) in [5, 5.41) is 14.1. The van der Waals surface area contributed by atoms with Gasteiger partial charge in [0.25, 0.3) is 5.91 Å². The first kappa shape index (κ1) is 17.2. The number of hydrogen-bond donors (Lipinski definition) is 2. The van der Waals surface area contributed by atoms with E-state index in [1.54, 1.807) is 24.3 Å². The van der Waals surface area contributed by atoms with E-state index in [0.717, 1.165) is 16.7 Å². The molecule has 0 fully saturated rings. The number of carbonyl (C=O) groups is 2. The van der Waals surface area contributed by atoms with Gasteiger partial charge in [0.1, 0.15) is 6.42 Å². The number of carbonyl (C=O) groups excluding carboxylic acids is 2. The molecule has 0 spiro atoms. The van der Waals surface area contributed by atoms with Crippen LogP contribution in [0.2, 0.25) is 0 Å². The molecule has 0 bridgehead atoms. The minimum Gasteiger partial charge on any atom is -0.348 e. The Balaban J connectivity index is 2.06. The number of nitrogens with zero attached hydrogens (tertiary/aromatic N) is 1. The van der Waals surface area contributed by atoms with E-state index in [2.05, 4.69) is 10.6 Å². The maximum absolute atomic E-state index is 12.3. The topological polar surface area (TPSA) is 82.0 Å². The van der Waals surface area contributed by atoms with Crippen molar-refractivity contribution in [1.82, 2.24) is 5.32 Å². The smallest absolute Gasteiger partial charge is 0.251 e. The lowest BCUT2D eigenvalue weighted by Crippen LogP contribution is -2.24. The SMILES string of the molecule is Cc1ccc(C(=O)NCc2ccccc2NC(=O)CC#N)cc1C. The molecule has 2 rings (SSSR count). The Kier molecular flexibility index (Phi) is 5.69. The van der Waals surface area contributed by atoms with Gasteiger partial charge in [0.2, 0.25) is 5.91 Å². The van der Waals surface area contributed by atoms with Crippen LogP contribution in [0.1, 0.15) is 33.5 Å². The van der Waals surface area contributed by atoms with Crippen LogP contribution in [0.15, 0.2) is 42.5 Å². The highest BCUT2D eigenvalue weighted by Crippen LogP contribution is 2.16. The summed E-state index contributed by atoms with van der Waals surface area (Å²) in [5.74, 6) is -0.540. The Morgan fingerprint density at radius 1 is 1.08 bits per heavy atom. The lowest BCUT2D eigenvalue weighted by molar-refractivity contribution is -0.115. The van der Waals surface area contributed by atoms with Gasteiger partial charge in [-0.3, -0.25) is 9.59 Å². The van der Waals surface area contributed by atoms with Gasteiger partial charge >= 0.3 is 0 Å². The third kappa shape index (κ3) is 4.43. The van der Waals surface area contributed by atoms with Crippen molar-refractivity contribution in [3.63, 3.8) is 0 Å². The summed E-state index contributed by atoms with van der Waals surface area (Å²) < 4.78 is 0. The number of aryl methyl sites for hydroxylation is 2. The molecular weight excluding hydrogens is 302 g/mol. The molecule has 0 aromatic heterocycles. The van der Waals surface area contributed by atoms with Crippen molar-refractivity contribution >= 4 is 17.5 Å². The van der Waals surface area contributed by atoms with Gasteiger partial charge in [-0.05, 0) is 48.7 Å². The molecular formula is C19H19N3O2. The summed E-state index contributed by atoms with van der Waals surface area (Å²) in [7, 11) is 0. The van der Waals surface area contributed by atoms with Crippen LogP contribution in [0.4, 0.5) is 5.69 Å². The fourth-order valence-corrected chi connectivity index (χ4v) is 2.22. The number of amides is 2. The molecule has 5 heteroatoms. The summed E-state index contributed by atoms with van der Waals surface area (Å²) in [5.41, 5.74) is 4.17. The highest BCUT2D eigenvalue weighted by molar-refractivity contribution is 5.95. The maximum atomic E-state index is 12.3. The molecule has 2 N–H and O–H groups in total. The van der Waals surface area contributed by atoms with Crippen molar-refractivity contribution in [3.05, 3.63) is 64.7 Å². The van der Waals surface area contributed by atoms with E-state index in [0.29, 0.717) is 11.3 Å². The molecule has 122 valence electrons. The molecule has 0 aliphatic rings. The fraction of sp³-hybridized carbons (Fsp3) is 0.211. The standard InChI is InChI=1S/C19H19N3O2/c1-13-7-8-15(11-14(13)2)19(24)21-12-16-5-3-4-6-17(16)22-18(23)9-10-20/h3-8,11H,9,12H2,1-2H3,(H,21,24)(H,22,23). The normalized spacial score (nSPS) is 9.88. The van der Waals surface area contributed by atoms with Gasteiger partial charge in [-0.1, -0.05) is 24.3 Å². The van der Waals surface area contributed by atoms with E-state index in [1.807, 2.05) is 38.1 Å². The average Bonchev–Trinajstić information content (AvgIpc) is 2.56. The summed E-state index contributed by atoms with van der Waals surface area (Å²) in [6.45, 7) is 4.25. The number of para-hydroxylation sites is 1. The van der Waals surface area contributed by atoms with Crippen molar-refractivity contribution in [2.45, 2.75) is 26.8 Å². The first-order valence-corrected chi connectivity index (χ1v) is 7.61. The number of nitriles is 1. The van der Waals surface area contributed by atoms with Gasteiger partial charge in [0.15, 0.2) is 0 Å². The fourth-order valence-electron chi connectivity index (χ4n) is 2.22. The molecule has 0 aliphatic carbocycles. The molecule has 0 radical (unpaired) electrons. The van der Waals surface area contributed by atoms with Crippen LogP contribution < -0.4 is 10.6 Å². The van der Waals surface area contributed by atoms with Gasteiger partial charge < -0.3 is 10.6 Å². The van der Waals surface area contributed by atoms with Crippen molar-refractivity contribution in [2.75, 3.05) is 5.32 Å². The molecule has 2 aromatic rings. The van der Waals surface area contributed by atoms with Crippen molar-refractivity contribution in [1.29, 1.82) is 5.26 Å². The Morgan fingerprint density at radius 2 is 1.83 bits per heavy atom. The van der Waals surface area contributed by atoms with Crippen LogP contribution in [-0.2, 0) is 11.3 Å². The van der Waals surface area contributed by atoms with E-state index in [4.69, 9.17) is 5.26 Å². The molecule has 0 saturated carbocycles. The molecule has 2 aromatic carbocycles. The third-order valence-electron chi connectivity index (χ3n) is 3.74. The Morgan fingerprint density at radius 3 is 2.54 bits per heavy atom. The molecule has 2 amide bonds. The zero-order chi connectivity index (χ0) is 17.5. The van der Waals surface area contributed by atoms with Crippen LogP contribution >= 0.6 is 0 Å². The van der Waals surface area contributed by atoms with E-state index in [9.17, 15) is 9.59 Å². The number of hydrogen-bond acceptors (Lipinski definition) is 3. The molecule has 5 nitrogen and oxygen atoms in total. The third-order valence-corrected chi connectivity index (χ3v) is 3.74. The number of nitrogens with one attached hydrogen (secondary N) is 2. The van der Waals surface area contributed by atoms with Gasteiger partial charge in [-0.15, -0.1) is 0 Å². The predicted molar refractivity (Wildman–Crippen MR) is 92.4 cm³/mol. The Bertz CT molecular complexity index is 806. The van der Waals surface area contributed by atoms with Crippen molar-refractivity contribution < 1.29 is 9.59 Å². The second-order valence-electron chi connectivity index (χ2n) is 5.52. The summed E-state index contributed by atoms with van der Waals surface area (Å²) in [6, 6.07) is 14.6. The van der Waals surface area contributed by atoms with Gasteiger partial charge in [0.05, 0.1) is 6.07 Å². The Labute approximate surface area is 141 Å². The summed E-state index contributed by atoms with van der Waals surface area (Å²) >= 11 is 0. The monoisotopic (exact) mass is 321 g/mol. The predicted octanol–water partition coefficient (Wildman–Crippen LogP) is 3.09. The van der Waals surface area contributed by atoms with Crippen LogP contribution in [0.3, 0.4) is 0 Å². The largest absolute Gasteiger partial charge is 0.348 e.